The molecular formula is C99H97N15O30S2. The molecule has 0 fully saturated rings. The summed E-state index contributed by atoms with van der Waals surface area (Å²) in [6.45, 7) is 3.52. The normalized spacial score (nSPS) is 16.7. The molecule has 0 radical (unpaired) electrons. The van der Waals surface area contributed by atoms with E-state index in [0.29, 0.717) is 68.7 Å². The number of ketones is 1. The average Bonchev–Trinajstić information content (AvgIpc) is 1.62. The highest BCUT2D eigenvalue weighted by atomic mass is 33.1. The Balaban J connectivity index is 0.000000189. The van der Waals surface area contributed by atoms with Crippen molar-refractivity contribution in [1.82, 2.24) is 54.3 Å². The number of anilines is 4. The maximum atomic E-state index is 13.5. The van der Waals surface area contributed by atoms with E-state index < -0.39 is 70.9 Å². The van der Waals surface area contributed by atoms with E-state index in [4.69, 9.17) is 9.47 Å². The zero-order valence-corrected chi connectivity index (χ0v) is 79.9. The lowest BCUT2D eigenvalue weighted by Crippen LogP contribution is -2.40. The van der Waals surface area contributed by atoms with Gasteiger partial charge in [0.1, 0.15) is 5.78 Å². The third-order valence-electron chi connectivity index (χ3n) is 22.2. The van der Waals surface area contributed by atoms with Crippen molar-refractivity contribution < 1.29 is 144 Å². The molecule has 3 aromatic rings. The molecule has 47 heteroatoms. The fourth-order valence-electron chi connectivity index (χ4n) is 14.6. The summed E-state index contributed by atoms with van der Waals surface area (Å²) in [5.41, 5.74) is 1.63. The van der Waals surface area contributed by atoms with Crippen molar-refractivity contribution in [2.24, 2.45) is 0 Å². The third kappa shape index (κ3) is 32.0. The molecule has 0 atom stereocenters. The van der Waals surface area contributed by atoms with Crippen LogP contribution in [0.4, 0.5) is 22.7 Å². The van der Waals surface area contributed by atoms with Crippen LogP contribution < -0.4 is 24.9 Å². The van der Waals surface area contributed by atoms with Crippen LogP contribution in [0.15, 0.2) is 231 Å². The molecule has 1 N–H and O–H groups in total. The first-order chi connectivity index (χ1) is 70.1. The van der Waals surface area contributed by atoms with Crippen LogP contribution in [0, 0.1) is 0 Å². The van der Waals surface area contributed by atoms with Gasteiger partial charge in [-0.1, -0.05) is 83.0 Å². The number of ether oxygens (including phenoxy) is 2. The predicted molar refractivity (Wildman–Crippen MR) is 517 cm³/mol. The Morgan fingerprint density at radius 3 is 0.781 bits per heavy atom. The van der Waals surface area contributed by atoms with Crippen molar-refractivity contribution in [3.05, 3.63) is 231 Å². The van der Waals surface area contributed by atoms with Gasteiger partial charge >= 0.3 is 0 Å². The second-order valence-electron chi connectivity index (χ2n) is 31.8. The second-order valence-corrected chi connectivity index (χ2v) is 34.5. The number of benzene rings is 3. The number of Topliss-reactive ketones (excluding diaryl/α,β-unsaturated/α-hetero) is 1. The minimum atomic E-state index is -0.505. The first kappa shape index (κ1) is 111. The van der Waals surface area contributed by atoms with Gasteiger partial charge in [0, 0.05) is 273 Å². The van der Waals surface area contributed by atoms with E-state index in [1.165, 1.54) is 148 Å². The summed E-state index contributed by atoms with van der Waals surface area (Å²) >= 11 is 0. The van der Waals surface area contributed by atoms with Crippen molar-refractivity contribution in [3.8, 4) is 0 Å². The Morgan fingerprint density at radius 1 is 0.233 bits per heavy atom. The Hall–Kier alpha value is -17.1. The van der Waals surface area contributed by atoms with Crippen molar-refractivity contribution in [1.29, 1.82) is 0 Å². The summed E-state index contributed by atoms with van der Waals surface area (Å²) in [7, 11) is 3.01. The van der Waals surface area contributed by atoms with Gasteiger partial charge in [-0.25, -0.2) is 9.80 Å². The van der Waals surface area contributed by atoms with E-state index in [-0.39, 0.29) is 210 Å². The largest absolute Gasteiger partial charge is 0.377 e. The molecule has 0 saturated carbocycles. The Bertz CT molecular complexity index is 5460. The number of para-hydroxylation sites is 4. The molecule has 146 heavy (non-hydrogen) atoms. The summed E-state index contributed by atoms with van der Waals surface area (Å²) in [6.07, 6.45) is 32.3. The fraction of sp³-hybridized carbons (Fsp3) is 0.293. The van der Waals surface area contributed by atoms with Crippen LogP contribution in [0.25, 0.3) is 0 Å². The molecule has 0 aliphatic carbocycles. The number of nitrogens with one attached hydrogen (secondary N) is 1. The Kier molecular flexibility index (Phi) is 42.1. The Labute approximate surface area is 840 Å². The van der Waals surface area contributed by atoms with Crippen LogP contribution in [0.2, 0.25) is 0 Å². The minimum absolute atomic E-state index is 0.00682. The number of carbonyl (C=O) groups is 28. The van der Waals surface area contributed by atoms with E-state index >= 15 is 0 Å². The number of imide groups is 12. The van der Waals surface area contributed by atoms with Crippen LogP contribution in [0.3, 0.4) is 0 Å². The van der Waals surface area contributed by atoms with Gasteiger partial charge in [-0.2, -0.15) is 0 Å². The quantitative estimate of drug-likeness (QED) is 0.0464. The first-order valence-corrected chi connectivity index (χ1v) is 48.1. The number of nitrogens with zero attached hydrogens (tertiary/aromatic N) is 14. The highest BCUT2D eigenvalue weighted by molar-refractivity contribution is 8.76. The second kappa shape index (κ2) is 55.4. The number of hydrogen-bond donors (Lipinski definition) is 1. The molecule has 12 aliphatic rings. The fourth-order valence-corrected chi connectivity index (χ4v) is 16.5. The van der Waals surface area contributed by atoms with E-state index in [0.717, 1.165) is 126 Å². The molecule has 15 rings (SSSR count). The van der Waals surface area contributed by atoms with Gasteiger partial charge in [0.25, 0.3) is 142 Å². The standard InChI is InChI=1S/C35H37N5O8.C14H16N2O6.C14H8N2O4.C14H16N2O4.C12H12N2O4S2.C10H8N2O4/c41-28(19-23-39-32(45)15-16-33(39)46)12-7-22-37(26-8-3-1-4-9-26)30(43)13-14-31(44)38(27-10-5-2-6-11-27)25-21-36-29(42)20-24-40-34(47)17-18-35(40)48;17-11-1-2-12(18)15(11)5-7-21-9-10-22-8-6-16-13(19)3-4-14(16)20;17-11-5-6-12(18)15(11)9-3-1-2-4-10(9)16-13(19)7-8-14(16)20;17-11-5-6-12(18)15(11)9-3-1-2-4-10-16-13(19)7-8-14(16)20;15-9-1-2-10(16)13(9)5-7-19-20-8-6-14-11(17)3-4-12(14)18;13-7-1-2-8(14)11(7)5-6-12-9(15)3-4-10(12)16/h1-6,8-11,15-18H,7,12-14,19-25H2,(H,36,42);1-4H,5-10H2;1-8H;5-8H,1-4,9-10H2;1-4H,5-8H2;1-4H,5-6H2. The lowest BCUT2D eigenvalue weighted by Gasteiger charge is -2.25. The van der Waals surface area contributed by atoms with E-state index in [1.54, 1.807) is 66.7 Å². The smallest absolute Gasteiger partial charge is 0.258 e. The molecule has 45 nitrogen and oxygen atoms in total. The lowest BCUT2D eigenvalue weighted by atomic mass is 10.1. The highest BCUT2D eigenvalue weighted by Crippen LogP contribution is 2.34. The van der Waals surface area contributed by atoms with E-state index in [1.807, 2.05) is 6.07 Å². The van der Waals surface area contributed by atoms with E-state index in [9.17, 15) is 134 Å². The molecule has 0 aromatic heterocycles. The van der Waals surface area contributed by atoms with Crippen molar-refractivity contribution in [3.63, 3.8) is 0 Å². The zero-order valence-electron chi connectivity index (χ0n) is 78.3. The number of rotatable bonds is 46. The number of hydrogen-bond acceptors (Lipinski definition) is 32. The van der Waals surface area contributed by atoms with Gasteiger partial charge < -0.3 is 24.6 Å². The number of carbonyl (C=O) groups excluding carboxylic acids is 28. The summed E-state index contributed by atoms with van der Waals surface area (Å²) < 4.78 is 10.5. The van der Waals surface area contributed by atoms with Gasteiger partial charge in [-0.3, -0.25) is 183 Å². The number of unbranched alkanes of at least 4 members (excludes halogenated alkanes) is 3. The summed E-state index contributed by atoms with van der Waals surface area (Å²) in [6, 6.07) is 24.0. The molecule has 12 aliphatic heterocycles. The molecule has 0 saturated heterocycles. The predicted octanol–water partition coefficient (Wildman–Crippen LogP) is 0.795. The van der Waals surface area contributed by atoms with Crippen molar-refractivity contribution >= 4 is 210 Å². The molecule has 3 aromatic carbocycles. The van der Waals surface area contributed by atoms with Gasteiger partial charge in [-0.15, -0.1) is 0 Å². The summed E-state index contributed by atoms with van der Waals surface area (Å²) in [5, 5.41) is 2.71. The van der Waals surface area contributed by atoms with Crippen LogP contribution in [0.5, 0.6) is 0 Å². The molecule has 12 heterocycles. The molecule has 0 unspecified atom stereocenters. The topological polar surface area (TPSA) is 554 Å². The maximum absolute atomic E-state index is 13.5. The van der Waals surface area contributed by atoms with E-state index in [2.05, 4.69) is 5.32 Å². The average molecular weight is 2040 g/mol. The van der Waals surface area contributed by atoms with Crippen LogP contribution >= 0.6 is 21.6 Å². The lowest BCUT2D eigenvalue weighted by molar-refractivity contribution is -0.142. The third-order valence-corrected chi connectivity index (χ3v) is 24.5. The van der Waals surface area contributed by atoms with Crippen LogP contribution in [-0.2, 0) is 144 Å². The summed E-state index contributed by atoms with van der Waals surface area (Å²) in [5.74, 6) is -8.91. The molecule has 0 bridgehead atoms. The molecule has 27 amide bonds. The van der Waals surface area contributed by atoms with Crippen molar-refractivity contribution in [2.75, 3.05) is 143 Å². The SMILES string of the molecule is O=C(CCCN(C(=O)CCC(=O)N(CCNC(=O)CCN1C(=O)C=CC1=O)c1ccccc1)c1ccccc1)CCN1C(=O)C=CC1=O.O=C1C=CC(=O)N1CCCCCCN1C(=O)C=CC1=O.O=C1C=CC(=O)N1CCN1C(=O)C=CC1=O.O=C1C=CC(=O)N1CCOCCOCCN1C(=O)C=CC1=O.O=C1C=CC(=O)N1CCSSCCN1C(=O)C=CC1=O.O=C1C=CC(=O)N1c1ccccc1N1C(=O)C=CC1=O. The van der Waals surface area contributed by atoms with Crippen LogP contribution in [0.1, 0.15) is 64.2 Å². The van der Waals surface area contributed by atoms with Gasteiger partial charge in [0.15, 0.2) is 0 Å². The molecular weight excluding hydrogens is 1940 g/mol. The minimum Gasteiger partial charge on any atom is -0.377 e. The van der Waals surface area contributed by atoms with Crippen molar-refractivity contribution in [2.45, 2.75) is 64.2 Å². The maximum Gasteiger partial charge on any atom is 0.258 e. The molecule has 760 valence electrons. The number of amides is 27. The van der Waals surface area contributed by atoms with Gasteiger partial charge in [-0.05, 0) is 55.7 Å². The Morgan fingerprint density at radius 2 is 0.479 bits per heavy atom. The van der Waals surface area contributed by atoms with Gasteiger partial charge in [0.2, 0.25) is 17.7 Å². The van der Waals surface area contributed by atoms with Crippen LogP contribution in [-0.4, -0.2) is 337 Å². The molecule has 0 spiro atoms. The zero-order chi connectivity index (χ0) is 105. The monoisotopic (exact) mass is 2040 g/mol. The highest BCUT2D eigenvalue weighted by Gasteiger charge is 2.37. The summed E-state index contributed by atoms with van der Waals surface area (Å²) in [4.78, 5) is 341. The van der Waals surface area contributed by atoms with Gasteiger partial charge in [0.05, 0.1) is 50.9 Å². The first-order valence-electron chi connectivity index (χ1n) is 45.6.